The first kappa shape index (κ1) is 17.3. The Morgan fingerprint density at radius 1 is 1.26 bits per heavy atom. The highest BCUT2D eigenvalue weighted by molar-refractivity contribution is 5.95. The van der Waals surface area contributed by atoms with Crippen LogP contribution in [0.2, 0.25) is 0 Å². The molecule has 0 aromatic carbocycles. The summed E-state index contributed by atoms with van der Waals surface area (Å²) in [5, 5.41) is 18.8. The molecule has 0 spiro atoms. The molecule has 1 saturated carbocycles. The Kier molecular flexibility index (Phi) is 4.62. The van der Waals surface area contributed by atoms with Gasteiger partial charge >= 0.3 is 0 Å². The van der Waals surface area contributed by atoms with Crippen LogP contribution in [0.5, 0.6) is 0 Å². The molecule has 0 bridgehead atoms. The quantitative estimate of drug-likeness (QED) is 0.673. The van der Waals surface area contributed by atoms with Crippen LogP contribution in [0.4, 0.5) is 0 Å². The molecule has 3 aromatic rings. The van der Waals surface area contributed by atoms with E-state index in [2.05, 4.69) is 15.3 Å². The van der Waals surface area contributed by atoms with E-state index in [1.807, 2.05) is 29.3 Å². The number of carbonyl (C=O) groups excluding carboxylic acids is 1. The molecule has 0 unspecified atom stereocenters. The minimum Gasteiger partial charge on any atom is -0.483 e. The van der Waals surface area contributed by atoms with Crippen LogP contribution >= 0.6 is 0 Å². The molecule has 1 fully saturated rings. The van der Waals surface area contributed by atoms with Crippen molar-refractivity contribution in [2.45, 2.75) is 31.6 Å². The van der Waals surface area contributed by atoms with E-state index in [0.717, 1.165) is 37.0 Å². The molecule has 2 N–H and O–H groups in total. The Labute approximate surface area is 155 Å². The minimum absolute atomic E-state index is 0.102. The van der Waals surface area contributed by atoms with Crippen LogP contribution in [0.25, 0.3) is 5.52 Å². The van der Waals surface area contributed by atoms with E-state index < -0.39 is 0 Å². The summed E-state index contributed by atoms with van der Waals surface area (Å²) in [6.07, 6.45) is 7.86. The lowest BCUT2D eigenvalue weighted by Crippen LogP contribution is -2.33. The number of pyridine rings is 1. The molecule has 2 aliphatic rings. The summed E-state index contributed by atoms with van der Waals surface area (Å²) in [5.41, 5.74) is 5.51. The number of H-pyrrole nitrogens is 1. The number of hydrogen-bond acceptors (Lipinski definition) is 4. The zero-order chi connectivity index (χ0) is 18.8. The first-order valence-corrected chi connectivity index (χ1v) is 9.07. The monoisotopic (exact) mass is 367 g/mol. The van der Waals surface area contributed by atoms with Crippen molar-refractivity contribution in [2.24, 2.45) is 0 Å². The van der Waals surface area contributed by atoms with E-state index in [1.165, 1.54) is 29.8 Å². The average Bonchev–Trinajstić information content (AvgIpc) is 3.34. The fourth-order valence-corrected chi connectivity index (χ4v) is 3.64. The largest absolute Gasteiger partial charge is 0.483 e. The Hall–Kier alpha value is -3.16. The summed E-state index contributed by atoms with van der Waals surface area (Å²) in [5.74, 6) is 0.751. The molecule has 0 atom stereocenters. The van der Waals surface area contributed by atoms with Gasteiger partial charge in [0.25, 0.3) is 12.4 Å². The van der Waals surface area contributed by atoms with E-state index in [4.69, 9.17) is 9.90 Å². The van der Waals surface area contributed by atoms with Crippen molar-refractivity contribution < 1.29 is 14.7 Å². The zero-order valence-electron chi connectivity index (χ0n) is 14.8. The van der Waals surface area contributed by atoms with E-state index in [1.54, 1.807) is 10.7 Å². The highest BCUT2D eigenvalue weighted by Gasteiger charge is 2.31. The number of nitrogens with zero attached hydrogens (tertiary/aromatic N) is 4. The van der Waals surface area contributed by atoms with Gasteiger partial charge in [-0.3, -0.25) is 14.7 Å². The molecule has 8 nitrogen and oxygen atoms in total. The van der Waals surface area contributed by atoms with Crippen LogP contribution in [0, 0.1) is 0 Å². The van der Waals surface area contributed by atoms with Crippen molar-refractivity contribution in [1.82, 2.24) is 24.7 Å². The van der Waals surface area contributed by atoms with Gasteiger partial charge in [0.1, 0.15) is 0 Å². The minimum atomic E-state index is -0.250. The van der Waals surface area contributed by atoms with Crippen molar-refractivity contribution >= 4 is 17.9 Å². The van der Waals surface area contributed by atoms with Crippen LogP contribution in [-0.4, -0.2) is 55.3 Å². The standard InChI is InChI=1S/C18H19N5O.CH2O2/c24-18(13-4-10-23-14(11-13)3-7-19-23)22-8-5-15-16(6-9-22)20-21-17(15)12-1-2-12;2-1-3/h3-4,7,10-12H,1-2,5-6,8-9H2,(H,20,21);1H,(H,2,3). The van der Waals surface area contributed by atoms with Gasteiger partial charge in [0.2, 0.25) is 0 Å². The maximum absolute atomic E-state index is 12.9. The molecule has 1 amide bonds. The number of rotatable bonds is 2. The Morgan fingerprint density at radius 2 is 2.04 bits per heavy atom. The van der Waals surface area contributed by atoms with Crippen molar-refractivity contribution in [3.05, 3.63) is 53.1 Å². The maximum atomic E-state index is 12.9. The van der Waals surface area contributed by atoms with Crippen LogP contribution in [0.1, 0.15) is 46.1 Å². The van der Waals surface area contributed by atoms with Gasteiger partial charge in [-0.05, 0) is 43.0 Å². The lowest BCUT2D eigenvalue weighted by molar-refractivity contribution is -0.122. The van der Waals surface area contributed by atoms with Crippen LogP contribution in [-0.2, 0) is 17.6 Å². The first-order valence-electron chi connectivity index (χ1n) is 9.07. The van der Waals surface area contributed by atoms with E-state index in [9.17, 15) is 4.79 Å². The Bertz CT molecular complexity index is 973. The van der Waals surface area contributed by atoms with E-state index in [-0.39, 0.29) is 12.4 Å². The van der Waals surface area contributed by atoms with Crippen molar-refractivity contribution in [3.8, 4) is 0 Å². The Morgan fingerprint density at radius 3 is 2.81 bits per heavy atom. The molecule has 1 aliphatic carbocycles. The van der Waals surface area contributed by atoms with Crippen LogP contribution in [0.3, 0.4) is 0 Å². The summed E-state index contributed by atoms with van der Waals surface area (Å²) in [7, 11) is 0. The van der Waals surface area contributed by atoms with Gasteiger partial charge in [0.05, 0.1) is 11.2 Å². The van der Waals surface area contributed by atoms with Crippen LogP contribution in [0.15, 0.2) is 30.6 Å². The van der Waals surface area contributed by atoms with E-state index >= 15 is 0 Å². The molecule has 3 aromatic heterocycles. The molecule has 5 rings (SSSR count). The zero-order valence-corrected chi connectivity index (χ0v) is 14.8. The third-order valence-corrected chi connectivity index (χ3v) is 5.15. The number of carboxylic acid groups (broad SMARTS) is 1. The van der Waals surface area contributed by atoms with Gasteiger partial charge in [-0.2, -0.15) is 10.2 Å². The number of fused-ring (bicyclic) bond motifs is 2. The topological polar surface area (TPSA) is 104 Å². The number of carbonyl (C=O) groups is 2. The average molecular weight is 367 g/mol. The van der Waals surface area contributed by atoms with Crippen molar-refractivity contribution in [2.75, 3.05) is 13.1 Å². The second kappa shape index (κ2) is 7.22. The normalized spacial score (nSPS) is 16.2. The molecule has 27 heavy (non-hydrogen) atoms. The van der Waals surface area contributed by atoms with Gasteiger partial charge in [-0.1, -0.05) is 0 Å². The number of hydrogen-bond donors (Lipinski definition) is 2. The van der Waals surface area contributed by atoms with Gasteiger partial charge < -0.3 is 10.0 Å². The molecular weight excluding hydrogens is 346 g/mol. The molecule has 4 heterocycles. The van der Waals surface area contributed by atoms with Gasteiger partial charge in [-0.25, -0.2) is 4.52 Å². The molecule has 0 saturated heterocycles. The molecular formula is C19H21N5O3. The number of amides is 1. The van der Waals surface area contributed by atoms with Crippen LogP contribution < -0.4 is 0 Å². The predicted octanol–water partition coefficient (Wildman–Crippen LogP) is 1.88. The third kappa shape index (κ3) is 3.42. The number of aromatic nitrogens is 4. The SMILES string of the molecule is O=C(c1ccn2nccc2c1)N1CCc2[nH]nc(C3CC3)c2CC1.O=CO. The molecule has 8 heteroatoms. The Balaban J connectivity index is 0.000000565. The second-order valence-electron chi connectivity index (χ2n) is 6.85. The van der Waals surface area contributed by atoms with Crippen molar-refractivity contribution in [3.63, 3.8) is 0 Å². The number of nitrogens with one attached hydrogen (secondary N) is 1. The predicted molar refractivity (Wildman–Crippen MR) is 97.8 cm³/mol. The molecule has 0 radical (unpaired) electrons. The van der Waals surface area contributed by atoms with Gasteiger partial charge in [0, 0.05) is 49.1 Å². The lowest BCUT2D eigenvalue weighted by atomic mass is 10.1. The fraction of sp³-hybridized carbons (Fsp3) is 0.368. The number of aromatic amines is 1. The highest BCUT2D eigenvalue weighted by Crippen LogP contribution is 2.41. The fourth-order valence-electron chi connectivity index (χ4n) is 3.64. The highest BCUT2D eigenvalue weighted by atomic mass is 16.3. The summed E-state index contributed by atoms with van der Waals surface area (Å²) >= 11 is 0. The summed E-state index contributed by atoms with van der Waals surface area (Å²) < 4.78 is 1.78. The maximum Gasteiger partial charge on any atom is 0.290 e. The summed E-state index contributed by atoms with van der Waals surface area (Å²) in [6.45, 7) is 1.25. The third-order valence-electron chi connectivity index (χ3n) is 5.15. The molecule has 140 valence electrons. The summed E-state index contributed by atoms with van der Waals surface area (Å²) in [4.78, 5) is 23.2. The van der Waals surface area contributed by atoms with Gasteiger partial charge in [0.15, 0.2) is 0 Å². The first-order chi connectivity index (χ1) is 13.2. The lowest BCUT2D eigenvalue weighted by Gasteiger charge is -2.20. The summed E-state index contributed by atoms with van der Waals surface area (Å²) in [6, 6.07) is 5.68. The van der Waals surface area contributed by atoms with Gasteiger partial charge in [-0.15, -0.1) is 0 Å². The molecule has 1 aliphatic heterocycles. The smallest absolute Gasteiger partial charge is 0.290 e. The second-order valence-corrected chi connectivity index (χ2v) is 6.85. The van der Waals surface area contributed by atoms with Crippen molar-refractivity contribution in [1.29, 1.82) is 0 Å². The van der Waals surface area contributed by atoms with E-state index in [0.29, 0.717) is 5.92 Å².